The number of hydrogen-bond acceptors (Lipinski definition) is 2. The van der Waals surface area contributed by atoms with Crippen LogP contribution in [0.25, 0.3) is 0 Å². The number of rotatable bonds is 2. The SMILES string of the molecule is CN(C)[C@@H]1CCCN(CC(C)(C)C)C1. The van der Waals surface area contributed by atoms with Gasteiger partial charge in [0.2, 0.25) is 0 Å². The maximum absolute atomic E-state index is 2.62. The molecule has 0 saturated carbocycles. The molecule has 2 nitrogen and oxygen atoms in total. The lowest BCUT2D eigenvalue weighted by Gasteiger charge is -2.39. The van der Waals surface area contributed by atoms with E-state index < -0.39 is 0 Å². The second-order valence-electron chi connectivity index (χ2n) is 6.06. The quantitative estimate of drug-likeness (QED) is 0.670. The second kappa shape index (κ2) is 4.63. The van der Waals surface area contributed by atoms with E-state index in [4.69, 9.17) is 0 Å². The molecule has 0 N–H and O–H groups in total. The predicted molar refractivity (Wildman–Crippen MR) is 62.6 cm³/mol. The zero-order valence-corrected chi connectivity index (χ0v) is 10.5. The third-order valence-electron chi connectivity index (χ3n) is 2.91. The van der Waals surface area contributed by atoms with Gasteiger partial charge in [-0.1, -0.05) is 20.8 Å². The first-order valence-corrected chi connectivity index (χ1v) is 5.77. The van der Waals surface area contributed by atoms with Crippen LogP contribution in [-0.4, -0.2) is 49.6 Å². The summed E-state index contributed by atoms with van der Waals surface area (Å²) in [5, 5.41) is 0. The summed E-state index contributed by atoms with van der Waals surface area (Å²) in [6.45, 7) is 10.8. The molecule has 1 fully saturated rings. The number of likely N-dealkylation sites (tertiary alicyclic amines) is 1. The average Bonchev–Trinajstić information content (AvgIpc) is 2.01. The van der Waals surface area contributed by atoms with Crippen molar-refractivity contribution in [1.29, 1.82) is 0 Å². The van der Waals surface area contributed by atoms with Crippen LogP contribution in [0.5, 0.6) is 0 Å². The highest BCUT2D eigenvalue weighted by Crippen LogP contribution is 2.20. The lowest BCUT2D eigenvalue weighted by atomic mass is 9.94. The van der Waals surface area contributed by atoms with Crippen molar-refractivity contribution in [2.24, 2.45) is 5.41 Å². The van der Waals surface area contributed by atoms with E-state index in [-0.39, 0.29) is 0 Å². The van der Waals surface area contributed by atoms with E-state index in [0.29, 0.717) is 5.41 Å². The molecule has 0 spiro atoms. The third kappa shape index (κ3) is 3.97. The number of likely N-dealkylation sites (N-methyl/N-ethyl adjacent to an activating group) is 1. The molecule has 2 heteroatoms. The molecule has 1 rings (SSSR count). The molecule has 0 aromatic carbocycles. The van der Waals surface area contributed by atoms with Crippen LogP contribution >= 0.6 is 0 Å². The molecule has 84 valence electrons. The number of nitrogens with zero attached hydrogens (tertiary/aromatic N) is 2. The van der Waals surface area contributed by atoms with Gasteiger partial charge in [0, 0.05) is 19.1 Å². The van der Waals surface area contributed by atoms with Gasteiger partial charge >= 0.3 is 0 Å². The molecule has 0 aromatic heterocycles. The zero-order chi connectivity index (χ0) is 10.8. The molecule has 1 aliphatic heterocycles. The van der Waals surface area contributed by atoms with Gasteiger partial charge in [-0.15, -0.1) is 0 Å². The highest BCUT2D eigenvalue weighted by atomic mass is 15.2. The monoisotopic (exact) mass is 198 g/mol. The molecular formula is C12H26N2. The summed E-state index contributed by atoms with van der Waals surface area (Å²) in [4.78, 5) is 4.99. The van der Waals surface area contributed by atoms with Crippen LogP contribution in [0.2, 0.25) is 0 Å². The van der Waals surface area contributed by atoms with Crippen molar-refractivity contribution in [3.8, 4) is 0 Å². The van der Waals surface area contributed by atoms with Crippen LogP contribution in [0.4, 0.5) is 0 Å². The van der Waals surface area contributed by atoms with Crippen molar-refractivity contribution >= 4 is 0 Å². The standard InChI is InChI=1S/C12H26N2/c1-12(2,3)10-14-8-6-7-11(9-14)13(4)5/h11H,6-10H2,1-5H3/t11-/m1/s1. The Bertz CT molecular complexity index is 170. The first-order valence-electron chi connectivity index (χ1n) is 5.77. The molecule has 1 aliphatic rings. The molecule has 0 unspecified atom stereocenters. The fourth-order valence-corrected chi connectivity index (χ4v) is 2.27. The molecule has 1 saturated heterocycles. The Kier molecular flexibility index (Phi) is 3.96. The highest BCUT2D eigenvalue weighted by molar-refractivity contribution is 4.80. The molecule has 1 heterocycles. The fraction of sp³-hybridized carbons (Fsp3) is 1.00. The average molecular weight is 198 g/mol. The van der Waals surface area contributed by atoms with Crippen LogP contribution in [0.15, 0.2) is 0 Å². The van der Waals surface area contributed by atoms with Gasteiger partial charge in [0.05, 0.1) is 0 Å². The van der Waals surface area contributed by atoms with Crippen LogP contribution in [-0.2, 0) is 0 Å². The summed E-state index contributed by atoms with van der Waals surface area (Å²) in [6, 6.07) is 0.770. The van der Waals surface area contributed by atoms with Gasteiger partial charge in [0.25, 0.3) is 0 Å². The van der Waals surface area contributed by atoms with Gasteiger partial charge in [-0.2, -0.15) is 0 Å². The van der Waals surface area contributed by atoms with Gasteiger partial charge in [-0.05, 0) is 38.9 Å². The highest BCUT2D eigenvalue weighted by Gasteiger charge is 2.24. The van der Waals surface area contributed by atoms with Crippen molar-refractivity contribution < 1.29 is 0 Å². The minimum atomic E-state index is 0.439. The normalized spacial score (nSPS) is 25.7. The van der Waals surface area contributed by atoms with E-state index in [1.54, 1.807) is 0 Å². The Balaban J connectivity index is 2.40. The van der Waals surface area contributed by atoms with E-state index in [1.165, 1.54) is 32.5 Å². The van der Waals surface area contributed by atoms with Crippen LogP contribution in [0, 0.1) is 5.41 Å². The molecule has 0 radical (unpaired) electrons. The Hall–Kier alpha value is -0.0800. The molecule has 14 heavy (non-hydrogen) atoms. The Labute approximate surface area is 89.3 Å². The van der Waals surface area contributed by atoms with Crippen molar-refractivity contribution in [2.75, 3.05) is 33.7 Å². The summed E-state index contributed by atoms with van der Waals surface area (Å²) >= 11 is 0. The minimum absolute atomic E-state index is 0.439. The van der Waals surface area contributed by atoms with E-state index in [0.717, 1.165) is 6.04 Å². The molecular weight excluding hydrogens is 172 g/mol. The van der Waals surface area contributed by atoms with Gasteiger partial charge in [-0.3, -0.25) is 0 Å². The summed E-state index contributed by atoms with van der Waals surface area (Å²) < 4.78 is 0. The molecule has 0 bridgehead atoms. The fourth-order valence-electron chi connectivity index (χ4n) is 2.27. The molecule has 0 aliphatic carbocycles. The Morgan fingerprint density at radius 3 is 2.43 bits per heavy atom. The van der Waals surface area contributed by atoms with Crippen molar-refractivity contribution in [3.05, 3.63) is 0 Å². The minimum Gasteiger partial charge on any atom is -0.305 e. The molecule has 0 aromatic rings. The Morgan fingerprint density at radius 1 is 1.29 bits per heavy atom. The summed E-state index contributed by atoms with van der Waals surface area (Å²) in [7, 11) is 4.40. The van der Waals surface area contributed by atoms with Gasteiger partial charge in [-0.25, -0.2) is 0 Å². The van der Waals surface area contributed by atoms with Crippen LogP contribution in [0.1, 0.15) is 33.6 Å². The smallest absolute Gasteiger partial charge is 0.0217 e. The maximum Gasteiger partial charge on any atom is 0.0217 e. The summed E-state index contributed by atoms with van der Waals surface area (Å²) in [5.41, 5.74) is 0.439. The van der Waals surface area contributed by atoms with E-state index in [2.05, 4.69) is 44.7 Å². The summed E-state index contributed by atoms with van der Waals surface area (Å²) in [6.07, 6.45) is 2.73. The number of hydrogen-bond donors (Lipinski definition) is 0. The maximum atomic E-state index is 2.62. The van der Waals surface area contributed by atoms with E-state index >= 15 is 0 Å². The van der Waals surface area contributed by atoms with Crippen molar-refractivity contribution in [1.82, 2.24) is 9.80 Å². The zero-order valence-electron chi connectivity index (χ0n) is 10.5. The van der Waals surface area contributed by atoms with Crippen LogP contribution < -0.4 is 0 Å². The number of piperidine rings is 1. The molecule has 0 amide bonds. The van der Waals surface area contributed by atoms with E-state index in [9.17, 15) is 0 Å². The first-order chi connectivity index (χ1) is 6.38. The van der Waals surface area contributed by atoms with Crippen molar-refractivity contribution in [3.63, 3.8) is 0 Å². The lowest BCUT2D eigenvalue weighted by Crippen LogP contribution is -2.47. The van der Waals surface area contributed by atoms with Crippen LogP contribution in [0.3, 0.4) is 0 Å². The first kappa shape index (κ1) is 12.0. The van der Waals surface area contributed by atoms with Crippen molar-refractivity contribution in [2.45, 2.75) is 39.7 Å². The van der Waals surface area contributed by atoms with E-state index in [1.807, 2.05) is 0 Å². The van der Waals surface area contributed by atoms with Gasteiger partial charge in [0.15, 0.2) is 0 Å². The Morgan fingerprint density at radius 2 is 1.93 bits per heavy atom. The topological polar surface area (TPSA) is 6.48 Å². The predicted octanol–water partition coefficient (Wildman–Crippen LogP) is 2.06. The third-order valence-corrected chi connectivity index (χ3v) is 2.91. The molecule has 1 atom stereocenters. The largest absolute Gasteiger partial charge is 0.305 e. The van der Waals surface area contributed by atoms with Gasteiger partial charge in [0.1, 0.15) is 0 Å². The lowest BCUT2D eigenvalue weighted by molar-refractivity contribution is 0.102. The van der Waals surface area contributed by atoms with Gasteiger partial charge < -0.3 is 9.80 Å². The second-order valence-corrected chi connectivity index (χ2v) is 6.06. The summed E-state index contributed by atoms with van der Waals surface area (Å²) in [5.74, 6) is 0.